The molecule has 8 nitrogen and oxygen atoms in total. The highest BCUT2D eigenvalue weighted by Crippen LogP contribution is 2.14. The number of hydrogen-bond donors (Lipinski definition) is 1. The molecule has 150 valence electrons. The van der Waals surface area contributed by atoms with Crippen molar-refractivity contribution in [3.8, 4) is 5.75 Å². The van der Waals surface area contributed by atoms with Gasteiger partial charge in [-0.3, -0.25) is 4.79 Å². The smallest absolute Gasteiger partial charge is 0.338 e. The van der Waals surface area contributed by atoms with Gasteiger partial charge in [0.05, 0.1) is 17.6 Å². The number of amides is 1. The van der Waals surface area contributed by atoms with Gasteiger partial charge in [-0.1, -0.05) is 12.1 Å². The maximum absolute atomic E-state index is 12.0. The van der Waals surface area contributed by atoms with E-state index in [1.165, 1.54) is 38.4 Å². The third kappa shape index (κ3) is 5.54. The van der Waals surface area contributed by atoms with Crippen LogP contribution in [0.2, 0.25) is 0 Å². The van der Waals surface area contributed by atoms with Crippen molar-refractivity contribution in [1.82, 2.24) is 9.62 Å². The zero-order valence-electron chi connectivity index (χ0n) is 15.8. The zero-order valence-corrected chi connectivity index (χ0v) is 16.7. The Morgan fingerprint density at radius 2 is 1.61 bits per heavy atom. The van der Waals surface area contributed by atoms with Gasteiger partial charge in [0, 0.05) is 20.6 Å². The summed E-state index contributed by atoms with van der Waals surface area (Å²) in [6.45, 7) is -0.149. The average Bonchev–Trinajstić information content (AvgIpc) is 2.70. The number of methoxy groups -OCH3 is 1. The van der Waals surface area contributed by atoms with E-state index >= 15 is 0 Å². The van der Waals surface area contributed by atoms with Crippen LogP contribution in [0.4, 0.5) is 0 Å². The lowest BCUT2D eigenvalue weighted by Gasteiger charge is -2.11. The minimum Gasteiger partial charge on any atom is -0.497 e. The number of hydrogen-bond acceptors (Lipinski definition) is 6. The van der Waals surface area contributed by atoms with E-state index in [4.69, 9.17) is 9.47 Å². The van der Waals surface area contributed by atoms with Gasteiger partial charge in [0.15, 0.2) is 6.61 Å². The maximum Gasteiger partial charge on any atom is 0.338 e. The molecule has 1 amide bonds. The van der Waals surface area contributed by atoms with Gasteiger partial charge < -0.3 is 14.8 Å². The van der Waals surface area contributed by atoms with Crippen molar-refractivity contribution in [3.63, 3.8) is 0 Å². The second-order valence-corrected chi connectivity index (χ2v) is 8.16. The van der Waals surface area contributed by atoms with Gasteiger partial charge in [-0.25, -0.2) is 17.5 Å². The van der Waals surface area contributed by atoms with Crippen molar-refractivity contribution in [3.05, 3.63) is 59.7 Å². The molecule has 0 unspecified atom stereocenters. The van der Waals surface area contributed by atoms with Crippen molar-refractivity contribution in [2.75, 3.05) is 27.8 Å². The molecular weight excluding hydrogens is 384 g/mol. The van der Waals surface area contributed by atoms with Crippen LogP contribution in [0, 0.1) is 0 Å². The molecule has 0 atom stereocenters. The van der Waals surface area contributed by atoms with Gasteiger partial charge in [0.1, 0.15) is 5.75 Å². The van der Waals surface area contributed by atoms with Crippen molar-refractivity contribution >= 4 is 21.9 Å². The van der Waals surface area contributed by atoms with E-state index in [0.29, 0.717) is 5.75 Å². The fraction of sp³-hybridized carbons (Fsp3) is 0.263. The molecular formula is C19H22N2O6S. The predicted molar refractivity (Wildman–Crippen MR) is 102 cm³/mol. The molecule has 0 aromatic heterocycles. The highest BCUT2D eigenvalue weighted by Gasteiger charge is 2.18. The van der Waals surface area contributed by atoms with Crippen LogP contribution in [0.1, 0.15) is 15.9 Å². The van der Waals surface area contributed by atoms with Gasteiger partial charge >= 0.3 is 5.97 Å². The number of ether oxygens (including phenoxy) is 2. The Balaban J connectivity index is 1.84. The van der Waals surface area contributed by atoms with Crippen molar-refractivity contribution < 1.29 is 27.5 Å². The molecule has 0 saturated heterocycles. The number of nitrogens with one attached hydrogen (secondary N) is 1. The number of carbonyl (C=O) groups is 2. The number of nitrogens with zero attached hydrogens (tertiary/aromatic N) is 1. The van der Waals surface area contributed by atoms with E-state index in [1.54, 1.807) is 19.2 Å². The minimum absolute atomic E-state index is 0.0614. The van der Waals surface area contributed by atoms with Crippen LogP contribution in [-0.4, -0.2) is 52.4 Å². The predicted octanol–water partition coefficient (Wildman–Crippen LogP) is 1.42. The molecule has 2 aromatic carbocycles. The second-order valence-electron chi connectivity index (χ2n) is 6.01. The monoisotopic (exact) mass is 406 g/mol. The normalized spacial score (nSPS) is 11.1. The summed E-state index contributed by atoms with van der Waals surface area (Å²) in [5, 5.41) is 2.64. The number of rotatable bonds is 8. The Morgan fingerprint density at radius 1 is 1.00 bits per heavy atom. The summed E-state index contributed by atoms with van der Waals surface area (Å²) in [5.41, 5.74) is 1.03. The highest BCUT2D eigenvalue weighted by molar-refractivity contribution is 7.89. The molecule has 0 aliphatic carbocycles. The second kappa shape index (κ2) is 9.34. The topological polar surface area (TPSA) is 102 Å². The number of sulfonamides is 1. The third-order valence-corrected chi connectivity index (χ3v) is 5.68. The lowest BCUT2D eigenvalue weighted by atomic mass is 10.2. The Bertz CT molecular complexity index is 922. The largest absolute Gasteiger partial charge is 0.497 e. The van der Waals surface area contributed by atoms with Crippen LogP contribution in [0.5, 0.6) is 5.75 Å². The first kappa shape index (κ1) is 21.4. The Labute approximate surface area is 164 Å². The highest BCUT2D eigenvalue weighted by atomic mass is 32.2. The lowest BCUT2D eigenvalue weighted by Crippen LogP contribution is -2.28. The van der Waals surface area contributed by atoms with Crippen LogP contribution in [0.3, 0.4) is 0 Å². The molecule has 0 radical (unpaired) electrons. The van der Waals surface area contributed by atoms with Gasteiger partial charge in [0.25, 0.3) is 5.91 Å². The number of benzene rings is 2. The Morgan fingerprint density at radius 3 is 2.14 bits per heavy atom. The summed E-state index contributed by atoms with van der Waals surface area (Å²) in [4.78, 5) is 23.9. The van der Waals surface area contributed by atoms with Gasteiger partial charge in [-0.15, -0.1) is 0 Å². The van der Waals surface area contributed by atoms with Crippen molar-refractivity contribution in [1.29, 1.82) is 0 Å². The summed E-state index contributed by atoms with van der Waals surface area (Å²) in [5.74, 6) is -0.447. The van der Waals surface area contributed by atoms with Crippen LogP contribution in [0.15, 0.2) is 53.4 Å². The molecule has 1 N–H and O–H groups in total. The summed E-state index contributed by atoms with van der Waals surface area (Å²) >= 11 is 0. The summed E-state index contributed by atoms with van der Waals surface area (Å²) in [7, 11) is 0.833. The van der Waals surface area contributed by atoms with Crippen molar-refractivity contribution in [2.24, 2.45) is 0 Å². The van der Waals surface area contributed by atoms with E-state index in [9.17, 15) is 18.0 Å². The fourth-order valence-electron chi connectivity index (χ4n) is 2.18. The molecule has 0 heterocycles. The van der Waals surface area contributed by atoms with Gasteiger partial charge in [0.2, 0.25) is 10.0 Å². The van der Waals surface area contributed by atoms with E-state index in [-0.39, 0.29) is 17.0 Å². The van der Waals surface area contributed by atoms with Crippen LogP contribution in [-0.2, 0) is 26.1 Å². The van der Waals surface area contributed by atoms with Crippen LogP contribution >= 0.6 is 0 Å². The minimum atomic E-state index is -3.57. The summed E-state index contributed by atoms with van der Waals surface area (Å²) in [6.07, 6.45) is 0. The standard InChI is InChI=1S/C19H22N2O6S/c1-21(2)28(24,25)17-10-6-15(7-11-17)19(23)27-13-18(22)20-12-14-4-8-16(26-3)9-5-14/h4-11H,12-13H2,1-3H3,(H,20,22). The molecule has 0 spiro atoms. The summed E-state index contributed by atoms with van der Waals surface area (Å²) in [6, 6.07) is 12.5. The molecule has 2 aromatic rings. The van der Waals surface area contributed by atoms with E-state index < -0.39 is 28.5 Å². The molecule has 0 saturated carbocycles. The quantitative estimate of drug-likeness (QED) is 0.665. The lowest BCUT2D eigenvalue weighted by molar-refractivity contribution is -0.124. The third-order valence-electron chi connectivity index (χ3n) is 3.85. The Kier molecular flexibility index (Phi) is 7.13. The molecule has 0 bridgehead atoms. The fourth-order valence-corrected chi connectivity index (χ4v) is 3.08. The first-order chi connectivity index (χ1) is 13.2. The Hall–Kier alpha value is -2.91. The van der Waals surface area contributed by atoms with E-state index in [2.05, 4.69) is 5.32 Å². The molecule has 0 aliphatic heterocycles. The summed E-state index contributed by atoms with van der Waals surface area (Å²) < 4.78 is 35.1. The first-order valence-corrected chi connectivity index (χ1v) is 9.77. The molecule has 0 fully saturated rings. The van der Waals surface area contributed by atoms with Gasteiger partial charge in [-0.2, -0.15) is 0 Å². The maximum atomic E-state index is 12.0. The van der Waals surface area contributed by atoms with Crippen LogP contribution in [0.25, 0.3) is 0 Å². The molecule has 9 heteroatoms. The molecule has 2 rings (SSSR count). The number of carbonyl (C=O) groups excluding carboxylic acids is 2. The average molecular weight is 406 g/mol. The number of esters is 1. The van der Waals surface area contributed by atoms with Crippen LogP contribution < -0.4 is 10.1 Å². The van der Waals surface area contributed by atoms with Gasteiger partial charge in [-0.05, 0) is 42.0 Å². The molecule has 28 heavy (non-hydrogen) atoms. The SMILES string of the molecule is COc1ccc(CNC(=O)COC(=O)c2ccc(S(=O)(=O)N(C)C)cc2)cc1. The molecule has 0 aliphatic rings. The first-order valence-electron chi connectivity index (χ1n) is 8.33. The van der Waals surface area contributed by atoms with E-state index in [1.807, 2.05) is 12.1 Å². The van der Waals surface area contributed by atoms with Crippen molar-refractivity contribution in [2.45, 2.75) is 11.4 Å². The zero-order chi connectivity index (χ0) is 20.7. The van der Waals surface area contributed by atoms with E-state index in [0.717, 1.165) is 9.87 Å².